The minimum Gasteiger partial charge on any atom is -0.425 e. The van der Waals surface area contributed by atoms with E-state index in [9.17, 15) is 14.0 Å². The summed E-state index contributed by atoms with van der Waals surface area (Å²) in [5.41, 5.74) is 1.14. The second-order valence-electron chi connectivity index (χ2n) is 6.14. The van der Waals surface area contributed by atoms with E-state index in [2.05, 4.69) is 15.3 Å². The zero-order valence-corrected chi connectivity index (χ0v) is 14.6. The predicted octanol–water partition coefficient (Wildman–Crippen LogP) is 2.50. The van der Waals surface area contributed by atoms with E-state index < -0.39 is 11.5 Å². The zero-order chi connectivity index (χ0) is 19.5. The van der Waals surface area contributed by atoms with E-state index in [0.717, 1.165) is 11.1 Å². The van der Waals surface area contributed by atoms with Gasteiger partial charge in [0, 0.05) is 6.54 Å². The average molecular weight is 378 g/mol. The molecular weight excluding hydrogens is 363 g/mol. The molecule has 0 atom stereocenters. The smallest absolute Gasteiger partial charge is 0.307 e. The molecule has 0 radical (unpaired) electrons. The van der Waals surface area contributed by atoms with E-state index in [1.807, 2.05) is 30.3 Å². The molecule has 1 N–H and O–H groups in total. The van der Waals surface area contributed by atoms with Gasteiger partial charge in [0.05, 0.1) is 6.54 Å². The molecule has 7 nitrogen and oxygen atoms in total. The number of amides is 1. The Balaban J connectivity index is 1.55. The first-order valence-corrected chi connectivity index (χ1v) is 8.53. The molecule has 0 saturated carbocycles. The van der Waals surface area contributed by atoms with Gasteiger partial charge in [0.2, 0.25) is 11.2 Å². The number of benzene rings is 2. The van der Waals surface area contributed by atoms with Crippen molar-refractivity contribution in [1.29, 1.82) is 0 Å². The van der Waals surface area contributed by atoms with Gasteiger partial charge in [-0.25, -0.2) is 9.37 Å². The summed E-state index contributed by atoms with van der Waals surface area (Å²) in [5.74, 6) is -1.12. The summed E-state index contributed by atoms with van der Waals surface area (Å²) < 4.78 is 19.7. The average Bonchev–Trinajstić information content (AvgIpc) is 3.16. The van der Waals surface area contributed by atoms with Crippen molar-refractivity contribution < 1.29 is 13.6 Å². The first kappa shape index (κ1) is 17.6. The van der Waals surface area contributed by atoms with Crippen LogP contribution in [-0.4, -0.2) is 20.4 Å². The molecule has 2 aromatic heterocycles. The Bertz CT molecular complexity index is 1180. The maximum Gasteiger partial charge on any atom is 0.307 e. The molecular formula is C20H15FN4O3. The number of fused-ring (bicyclic) bond motifs is 1. The third-order valence-corrected chi connectivity index (χ3v) is 4.14. The van der Waals surface area contributed by atoms with Crippen LogP contribution in [0, 0.1) is 5.82 Å². The Kier molecular flexibility index (Phi) is 4.67. The third kappa shape index (κ3) is 3.66. The molecule has 140 valence electrons. The number of aromatic nitrogens is 3. The monoisotopic (exact) mass is 378 g/mol. The Hall–Kier alpha value is -3.81. The van der Waals surface area contributed by atoms with Gasteiger partial charge >= 0.3 is 5.91 Å². The fraction of sp³-hybridized carbons (Fsp3) is 0.100. The number of nitrogens with zero attached hydrogens (tertiary/aromatic N) is 3. The standard InChI is InChI=1S/C20H15FN4O3/c21-15-8-6-14(7-9-15)11-25-12-23-17-16(20(25)27)28-19(24-17)18(26)22-10-13-4-2-1-3-5-13/h1-9,12H,10-11H2,(H,22,26). The van der Waals surface area contributed by atoms with Crippen molar-refractivity contribution in [2.75, 3.05) is 0 Å². The van der Waals surface area contributed by atoms with E-state index in [-0.39, 0.29) is 29.5 Å². The Labute approximate surface area is 158 Å². The fourth-order valence-electron chi connectivity index (χ4n) is 2.70. The number of hydrogen-bond donors (Lipinski definition) is 1. The maximum absolute atomic E-state index is 13.0. The summed E-state index contributed by atoms with van der Waals surface area (Å²) in [6.07, 6.45) is 1.32. The number of oxazole rings is 1. The van der Waals surface area contributed by atoms with Crippen molar-refractivity contribution >= 4 is 17.1 Å². The van der Waals surface area contributed by atoms with Gasteiger partial charge in [-0.3, -0.25) is 14.2 Å². The molecule has 0 aliphatic rings. The number of carbonyl (C=O) groups is 1. The normalized spacial score (nSPS) is 10.9. The predicted molar refractivity (Wildman–Crippen MR) is 99.2 cm³/mol. The second kappa shape index (κ2) is 7.43. The van der Waals surface area contributed by atoms with E-state index in [4.69, 9.17) is 4.42 Å². The molecule has 0 aliphatic heterocycles. The van der Waals surface area contributed by atoms with Crippen LogP contribution in [0.3, 0.4) is 0 Å². The van der Waals surface area contributed by atoms with E-state index in [0.29, 0.717) is 6.54 Å². The summed E-state index contributed by atoms with van der Waals surface area (Å²) in [4.78, 5) is 32.9. The molecule has 4 aromatic rings. The van der Waals surface area contributed by atoms with Crippen LogP contribution >= 0.6 is 0 Å². The number of halogens is 1. The molecule has 2 heterocycles. The minimum atomic E-state index is -0.536. The summed E-state index contributed by atoms with van der Waals surface area (Å²) in [6.45, 7) is 0.499. The molecule has 0 aliphatic carbocycles. The highest BCUT2D eigenvalue weighted by Crippen LogP contribution is 2.10. The fourth-order valence-corrected chi connectivity index (χ4v) is 2.70. The largest absolute Gasteiger partial charge is 0.425 e. The van der Waals surface area contributed by atoms with Gasteiger partial charge in [-0.2, -0.15) is 4.98 Å². The quantitative estimate of drug-likeness (QED) is 0.576. The van der Waals surface area contributed by atoms with Crippen LogP contribution in [0.5, 0.6) is 0 Å². The van der Waals surface area contributed by atoms with E-state index >= 15 is 0 Å². The molecule has 0 fully saturated rings. The van der Waals surface area contributed by atoms with Gasteiger partial charge in [0.25, 0.3) is 11.4 Å². The zero-order valence-electron chi connectivity index (χ0n) is 14.6. The molecule has 2 aromatic carbocycles. The van der Waals surface area contributed by atoms with Gasteiger partial charge in [-0.05, 0) is 23.3 Å². The highest BCUT2D eigenvalue weighted by Gasteiger charge is 2.18. The van der Waals surface area contributed by atoms with Crippen molar-refractivity contribution in [3.8, 4) is 0 Å². The highest BCUT2D eigenvalue weighted by molar-refractivity contribution is 5.91. The van der Waals surface area contributed by atoms with Crippen LogP contribution in [-0.2, 0) is 13.1 Å². The van der Waals surface area contributed by atoms with Crippen LogP contribution in [0.2, 0.25) is 0 Å². The van der Waals surface area contributed by atoms with Gasteiger partial charge in [-0.1, -0.05) is 42.5 Å². The summed E-state index contributed by atoms with van der Waals surface area (Å²) in [5, 5.41) is 2.69. The molecule has 8 heteroatoms. The Morgan fingerprint density at radius 3 is 2.57 bits per heavy atom. The molecule has 28 heavy (non-hydrogen) atoms. The first-order valence-electron chi connectivity index (χ1n) is 8.53. The van der Waals surface area contributed by atoms with Gasteiger partial charge in [0.1, 0.15) is 12.1 Å². The first-order chi connectivity index (χ1) is 13.6. The van der Waals surface area contributed by atoms with Crippen LogP contribution in [0.1, 0.15) is 21.8 Å². The minimum absolute atomic E-state index is 0.0604. The van der Waals surface area contributed by atoms with Crippen LogP contribution in [0.25, 0.3) is 11.2 Å². The lowest BCUT2D eigenvalue weighted by Crippen LogP contribution is -2.23. The highest BCUT2D eigenvalue weighted by atomic mass is 19.1. The number of hydrogen-bond acceptors (Lipinski definition) is 5. The lowest BCUT2D eigenvalue weighted by atomic mass is 10.2. The van der Waals surface area contributed by atoms with Crippen molar-refractivity contribution in [3.05, 3.63) is 94.1 Å². The van der Waals surface area contributed by atoms with Crippen molar-refractivity contribution in [3.63, 3.8) is 0 Å². The number of nitrogens with one attached hydrogen (secondary N) is 1. The Morgan fingerprint density at radius 2 is 1.82 bits per heavy atom. The van der Waals surface area contributed by atoms with Gasteiger partial charge < -0.3 is 9.73 Å². The molecule has 0 spiro atoms. The van der Waals surface area contributed by atoms with Crippen molar-refractivity contribution in [1.82, 2.24) is 19.9 Å². The van der Waals surface area contributed by atoms with Crippen LogP contribution in [0.4, 0.5) is 4.39 Å². The maximum atomic E-state index is 13.0. The Morgan fingerprint density at radius 1 is 1.07 bits per heavy atom. The lowest BCUT2D eigenvalue weighted by molar-refractivity contribution is 0.0918. The van der Waals surface area contributed by atoms with E-state index in [1.54, 1.807) is 12.1 Å². The molecule has 0 saturated heterocycles. The van der Waals surface area contributed by atoms with Gasteiger partial charge in [-0.15, -0.1) is 0 Å². The van der Waals surface area contributed by atoms with E-state index in [1.165, 1.54) is 23.0 Å². The third-order valence-electron chi connectivity index (χ3n) is 4.14. The lowest BCUT2D eigenvalue weighted by Gasteiger charge is -2.04. The SMILES string of the molecule is O=C(NCc1ccccc1)c1nc2ncn(Cc3ccc(F)cc3)c(=O)c2o1. The van der Waals surface area contributed by atoms with Crippen LogP contribution in [0.15, 0.2) is 70.1 Å². The topological polar surface area (TPSA) is 90.0 Å². The van der Waals surface area contributed by atoms with Gasteiger partial charge in [0.15, 0.2) is 0 Å². The number of carbonyl (C=O) groups excluding carboxylic acids is 1. The van der Waals surface area contributed by atoms with Crippen molar-refractivity contribution in [2.24, 2.45) is 0 Å². The molecule has 4 rings (SSSR count). The second-order valence-corrected chi connectivity index (χ2v) is 6.14. The summed E-state index contributed by atoms with van der Waals surface area (Å²) in [6, 6.07) is 15.2. The molecule has 1 amide bonds. The summed E-state index contributed by atoms with van der Waals surface area (Å²) >= 11 is 0. The van der Waals surface area contributed by atoms with Crippen molar-refractivity contribution in [2.45, 2.75) is 13.1 Å². The van der Waals surface area contributed by atoms with Crippen LogP contribution < -0.4 is 10.9 Å². The molecule has 0 bridgehead atoms. The molecule has 0 unspecified atom stereocenters. The number of rotatable bonds is 5. The summed E-state index contributed by atoms with van der Waals surface area (Å²) in [7, 11) is 0.